The number of aromatic nitrogens is 4. The summed E-state index contributed by atoms with van der Waals surface area (Å²) in [5, 5.41) is 2.06. The van der Waals surface area contributed by atoms with Crippen molar-refractivity contribution in [1.82, 2.24) is 19.9 Å². The molecule has 0 bridgehead atoms. The van der Waals surface area contributed by atoms with Crippen molar-refractivity contribution in [1.29, 1.82) is 0 Å². The van der Waals surface area contributed by atoms with E-state index in [1.807, 2.05) is 13.1 Å². The van der Waals surface area contributed by atoms with Crippen molar-refractivity contribution in [3.8, 4) is 0 Å². The molecule has 0 spiro atoms. The first-order chi connectivity index (χ1) is 7.36. The van der Waals surface area contributed by atoms with Gasteiger partial charge in [-0.25, -0.2) is 19.9 Å². The molecule has 3 aromatic rings. The Morgan fingerprint density at radius 3 is 2.53 bits per heavy atom. The van der Waals surface area contributed by atoms with Crippen molar-refractivity contribution in [2.75, 3.05) is 0 Å². The fourth-order valence-electron chi connectivity index (χ4n) is 1.76. The van der Waals surface area contributed by atoms with Crippen molar-refractivity contribution < 1.29 is 0 Å². The van der Waals surface area contributed by atoms with Crippen molar-refractivity contribution in [2.45, 2.75) is 6.92 Å². The number of benzene rings is 1. The van der Waals surface area contributed by atoms with Gasteiger partial charge in [-0.15, -0.1) is 0 Å². The van der Waals surface area contributed by atoms with Gasteiger partial charge in [0, 0.05) is 23.2 Å². The molecule has 72 valence electrons. The highest BCUT2D eigenvalue weighted by molar-refractivity contribution is 6.03. The van der Waals surface area contributed by atoms with Crippen LogP contribution in [0.1, 0.15) is 5.56 Å². The standard InChI is InChI=1S/C11H8N4/c1-7-2-8-3-12-5-14-10(8)11-9(7)4-13-6-15-11/h2-6H,1H3. The highest BCUT2D eigenvalue weighted by Gasteiger charge is 2.05. The molecular formula is C11H8N4. The van der Waals surface area contributed by atoms with E-state index in [1.54, 1.807) is 18.9 Å². The monoisotopic (exact) mass is 196 g/mol. The minimum absolute atomic E-state index is 0.882. The van der Waals surface area contributed by atoms with Crippen molar-refractivity contribution in [3.05, 3.63) is 36.7 Å². The van der Waals surface area contributed by atoms with E-state index in [1.165, 1.54) is 0 Å². The zero-order valence-electron chi connectivity index (χ0n) is 8.18. The highest BCUT2D eigenvalue weighted by atomic mass is 14.9. The van der Waals surface area contributed by atoms with Gasteiger partial charge in [0.1, 0.15) is 18.2 Å². The Bertz CT molecular complexity index is 648. The predicted molar refractivity (Wildman–Crippen MR) is 57.4 cm³/mol. The van der Waals surface area contributed by atoms with Crippen LogP contribution in [0.4, 0.5) is 0 Å². The molecule has 2 aromatic heterocycles. The van der Waals surface area contributed by atoms with E-state index in [9.17, 15) is 0 Å². The molecule has 0 saturated carbocycles. The number of nitrogens with zero attached hydrogens (tertiary/aromatic N) is 4. The lowest BCUT2D eigenvalue weighted by atomic mass is 10.1. The van der Waals surface area contributed by atoms with E-state index in [-0.39, 0.29) is 0 Å². The number of hydrogen-bond acceptors (Lipinski definition) is 4. The van der Waals surface area contributed by atoms with E-state index in [4.69, 9.17) is 0 Å². The second-order valence-electron chi connectivity index (χ2n) is 3.44. The van der Waals surface area contributed by atoms with Crippen LogP contribution in [0.5, 0.6) is 0 Å². The molecule has 0 amide bonds. The Labute approximate surface area is 86.0 Å². The maximum Gasteiger partial charge on any atom is 0.116 e. The summed E-state index contributed by atoms with van der Waals surface area (Å²) in [5.74, 6) is 0. The number of aryl methyl sites for hydroxylation is 1. The Morgan fingerprint density at radius 1 is 0.933 bits per heavy atom. The van der Waals surface area contributed by atoms with Crippen molar-refractivity contribution in [2.24, 2.45) is 0 Å². The second-order valence-corrected chi connectivity index (χ2v) is 3.44. The van der Waals surface area contributed by atoms with Crippen LogP contribution < -0.4 is 0 Å². The van der Waals surface area contributed by atoms with Gasteiger partial charge in [0.15, 0.2) is 0 Å². The van der Waals surface area contributed by atoms with E-state index < -0.39 is 0 Å². The van der Waals surface area contributed by atoms with Crippen LogP contribution in [0.15, 0.2) is 31.1 Å². The largest absolute Gasteiger partial charge is 0.244 e. The molecule has 0 aliphatic rings. The van der Waals surface area contributed by atoms with E-state index in [0.717, 1.165) is 27.4 Å². The summed E-state index contributed by atoms with van der Waals surface area (Å²) < 4.78 is 0. The zero-order valence-corrected chi connectivity index (χ0v) is 8.18. The lowest BCUT2D eigenvalue weighted by Gasteiger charge is -2.03. The van der Waals surface area contributed by atoms with Crippen LogP contribution in [0.25, 0.3) is 21.8 Å². The van der Waals surface area contributed by atoms with Crippen LogP contribution >= 0.6 is 0 Å². The van der Waals surface area contributed by atoms with Gasteiger partial charge in [0.2, 0.25) is 0 Å². The summed E-state index contributed by atoms with van der Waals surface area (Å²) in [6.07, 6.45) is 6.71. The van der Waals surface area contributed by atoms with Gasteiger partial charge >= 0.3 is 0 Å². The minimum Gasteiger partial charge on any atom is -0.244 e. The molecule has 15 heavy (non-hydrogen) atoms. The number of hydrogen-bond donors (Lipinski definition) is 0. The molecule has 4 nitrogen and oxygen atoms in total. The fraction of sp³-hybridized carbons (Fsp3) is 0.0909. The molecule has 2 heterocycles. The summed E-state index contributed by atoms with van der Waals surface area (Å²) in [5.41, 5.74) is 2.92. The summed E-state index contributed by atoms with van der Waals surface area (Å²) in [7, 11) is 0. The lowest BCUT2D eigenvalue weighted by molar-refractivity contribution is 1.19. The van der Waals surface area contributed by atoms with Gasteiger partial charge in [-0.3, -0.25) is 0 Å². The summed E-state index contributed by atoms with van der Waals surface area (Å²) >= 11 is 0. The molecule has 0 saturated heterocycles. The first kappa shape index (κ1) is 8.23. The van der Waals surface area contributed by atoms with E-state index >= 15 is 0 Å². The molecule has 1 aromatic carbocycles. The van der Waals surface area contributed by atoms with Crippen molar-refractivity contribution in [3.63, 3.8) is 0 Å². The lowest BCUT2D eigenvalue weighted by Crippen LogP contribution is -1.89. The molecular weight excluding hydrogens is 188 g/mol. The van der Waals surface area contributed by atoms with Crippen LogP contribution in [-0.4, -0.2) is 19.9 Å². The van der Waals surface area contributed by atoms with E-state index in [0.29, 0.717) is 0 Å². The zero-order chi connectivity index (χ0) is 10.3. The molecule has 0 N–H and O–H groups in total. The number of fused-ring (bicyclic) bond motifs is 3. The SMILES string of the molecule is Cc1cc2cncnc2c2ncncc12. The average Bonchev–Trinajstić information content (AvgIpc) is 2.30. The average molecular weight is 196 g/mol. The van der Waals surface area contributed by atoms with Gasteiger partial charge < -0.3 is 0 Å². The van der Waals surface area contributed by atoms with Gasteiger partial charge in [-0.05, 0) is 18.6 Å². The first-order valence-corrected chi connectivity index (χ1v) is 4.65. The summed E-state index contributed by atoms with van der Waals surface area (Å²) in [6, 6.07) is 2.06. The summed E-state index contributed by atoms with van der Waals surface area (Å²) in [4.78, 5) is 16.6. The molecule has 0 fully saturated rings. The Morgan fingerprint density at radius 2 is 1.67 bits per heavy atom. The third kappa shape index (κ3) is 1.15. The molecule has 0 aliphatic heterocycles. The van der Waals surface area contributed by atoms with Crippen LogP contribution in [0, 0.1) is 6.92 Å². The van der Waals surface area contributed by atoms with E-state index in [2.05, 4.69) is 26.0 Å². The van der Waals surface area contributed by atoms with Crippen LogP contribution in [-0.2, 0) is 0 Å². The Kier molecular flexibility index (Phi) is 1.62. The third-order valence-electron chi connectivity index (χ3n) is 2.47. The maximum absolute atomic E-state index is 4.27. The highest BCUT2D eigenvalue weighted by Crippen LogP contribution is 2.23. The molecule has 3 rings (SSSR count). The molecule has 4 heteroatoms. The van der Waals surface area contributed by atoms with Crippen LogP contribution in [0.3, 0.4) is 0 Å². The van der Waals surface area contributed by atoms with Gasteiger partial charge in [-0.2, -0.15) is 0 Å². The topological polar surface area (TPSA) is 51.6 Å². The third-order valence-corrected chi connectivity index (χ3v) is 2.47. The molecule has 0 aliphatic carbocycles. The first-order valence-electron chi connectivity index (χ1n) is 4.65. The van der Waals surface area contributed by atoms with Crippen LogP contribution in [0.2, 0.25) is 0 Å². The number of rotatable bonds is 0. The Balaban J connectivity index is 2.64. The minimum atomic E-state index is 0.882. The predicted octanol–water partition coefficient (Wildman–Crippen LogP) is 1.88. The Hall–Kier alpha value is -2.10. The summed E-state index contributed by atoms with van der Waals surface area (Å²) in [6.45, 7) is 2.04. The van der Waals surface area contributed by atoms with Crippen molar-refractivity contribution >= 4 is 21.8 Å². The smallest absolute Gasteiger partial charge is 0.116 e. The normalized spacial score (nSPS) is 11.0. The van der Waals surface area contributed by atoms with Gasteiger partial charge in [0.05, 0.1) is 5.52 Å². The molecule has 0 atom stereocenters. The van der Waals surface area contributed by atoms with Gasteiger partial charge in [0.25, 0.3) is 0 Å². The van der Waals surface area contributed by atoms with Gasteiger partial charge in [-0.1, -0.05) is 0 Å². The maximum atomic E-state index is 4.27. The second kappa shape index (κ2) is 2.95. The molecule has 0 unspecified atom stereocenters. The fourth-order valence-corrected chi connectivity index (χ4v) is 1.76. The molecule has 0 radical (unpaired) electrons. The quantitative estimate of drug-likeness (QED) is 0.515.